The molecule has 0 unspecified atom stereocenters. The van der Waals surface area contributed by atoms with E-state index in [9.17, 15) is 31.9 Å². The second-order valence-corrected chi connectivity index (χ2v) is 7.75. The van der Waals surface area contributed by atoms with Crippen molar-refractivity contribution in [3.8, 4) is 0 Å². The number of alkyl halides is 3. The van der Waals surface area contributed by atoms with Gasteiger partial charge in [-0.25, -0.2) is 4.39 Å². The predicted octanol–water partition coefficient (Wildman–Crippen LogP) is 4.83. The van der Waals surface area contributed by atoms with E-state index in [-0.39, 0.29) is 23.7 Å². The lowest BCUT2D eigenvalue weighted by Crippen LogP contribution is -2.39. The molecule has 1 saturated heterocycles. The van der Waals surface area contributed by atoms with E-state index in [2.05, 4.69) is 10.6 Å². The molecule has 2 N–H and O–H groups in total. The number of hydrogen-bond acceptors (Lipinski definition) is 3. The molecule has 1 heterocycles. The van der Waals surface area contributed by atoms with Crippen LogP contribution in [0.2, 0.25) is 0 Å². The molecule has 2 aromatic carbocycles. The molecule has 0 bridgehead atoms. The Bertz CT molecular complexity index is 1020. The first-order valence-corrected chi connectivity index (χ1v) is 10.5. The molecule has 10 heteroatoms. The van der Waals surface area contributed by atoms with Crippen molar-refractivity contribution in [1.29, 1.82) is 0 Å². The van der Waals surface area contributed by atoms with E-state index < -0.39 is 35.1 Å². The zero-order valence-electron chi connectivity index (χ0n) is 17.7. The normalized spacial score (nSPS) is 14.9. The monoisotopic (exact) mass is 465 g/mol. The van der Waals surface area contributed by atoms with Gasteiger partial charge in [0.05, 0.1) is 17.8 Å². The summed E-state index contributed by atoms with van der Waals surface area (Å²) < 4.78 is 53.9. The number of anilines is 2. The third-order valence-corrected chi connectivity index (χ3v) is 5.22. The van der Waals surface area contributed by atoms with Crippen LogP contribution in [0.5, 0.6) is 0 Å². The van der Waals surface area contributed by atoms with Gasteiger partial charge >= 0.3 is 6.18 Å². The molecule has 0 aromatic heterocycles. The van der Waals surface area contributed by atoms with Gasteiger partial charge in [0.15, 0.2) is 0 Å². The van der Waals surface area contributed by atoms with Crippen molar-refractivity contribution in [1.82, 2.24) is 4.90 Å². The Balaban J connectivity index is 1.73. The number of carbonyl (C=O) groups excluding carboxylic acids is 3. The second-order valence-electron chi connectivity index (χ2n) is 7.75. The minimum absolute atomic E-state index is 0.0697. The van der Waals surface area contributed by atoms with Gasteiger partial charge in [-0.15, -0.1) is 0 Å². The van der Waals surface area contributed by atoms with Crippen molar-refractivity contribution in [3.05, 3.63) is 59.4 Å². The Labute approximate surface area is 188 Å². The molecule has 176 valence electrons. The molecule has 2 aromatic rings. The minimum atomic E-state index is -4.81. The number of nitrogens with one attached hydrogen (secondary N) is 2. The summed E-state index contributed by atoms with van der Waals surface area (Å²) in [7, 11) is 0. The quantitative estimate of drug-likeness (QED) is 0.621. The van der Waals surface area contributed by atoms with E-state index in [0.29, 0.717) is 19.0 Å². The van der Waals surface area contributed by atoms with Crippen LogP contribution in [0.1, 0.15) is 48.0 Å². The molecule has 0 radical (unpaired) electrons. The number of likely N-dealkylation sites (tertiary alicyclic amines) is 1. The van der Waals surface area contributed by atoms with E-state index in [0.717, 1.165) is 43.9 Å². The summed E-state index contributed by atoms with van der Waals surface area (Å²) in [5.74, 6) is -2.20. The first-order chi connectivity index (χ1) is 15.6. The largest absolute Gasteiger partial charge is 0.418 e. The van der Waals surface area contributed by atoms with E-state index in [1.54, 1.807) is 0 Å². The van der Waals surface area contributed by atoms with Crippen LogP contribution in [-0.4, -0.2) is 35.7 Å². The van der Waals surface area contributed by atoms with E-state index >= 15 is 0 Å². The fourth-order valence-electron chi connectivity index (χ4n) is 3.52. The first-order valence-electron chi connectivity index (χ1n) is 10.5. The van der Waals surface area contributed by atoms with Gasteiger partial charge in [-0.05, 0) is 55.3 Å². The Morgan fingerprint density at radius 1 is 0.939 bits per heavy atom. The summed E-state index contributed by atoms with van der Waals surface area (Å²) in [6.07, 6.45) is -1.19. The number of benzene rings is 2. The zero-order chi connectivity index (χ0) is 24.0. The van der Waals surface area contributed by atoms with Crippen LogP contribution in [0.3, 0.4) is 0 Å². The molecule has 3 rings (SSSR count). The van der Waals surface area contributed by atoms with Gasteiger partial charge in [0.2, 0.25) is 11.8 Å². The number of amides is 3. The molecular weight excluding hydrogens is 442 g/mol. The maximum absolute atomic E-state index is 13.6. The fraction of sp³-hybridized carbons (Fsp3) is 0.348. The molecule has 33 heavy (non-hydrogen) atoms. The van der Waals surface area contributed by atoms with Gasteiger partial charge in [-0.1, -0.05) is 12.8 Å². The number of carbonyl (C=O) groups is 3. The fourth-order valence-corrected chi connectivity index (χ4v) is 3.52. The van der Waals surface area contributed by atoms with Crippen LogP contribution in [0.4, 0.5) is 28.9 Å². The molecule has 6 nitrogen and oxygen atoms in total. The molecule has 1 fully saturated rings. The lowest BCUT2D eigenvalue weighted by Gasteiger charge is -2.24. The lowest BCUT2D eigenvalue weighted by molar-refractivity contribution is -0.137. The van der Waals surface area contributed by atoms with Gasteiger partial charge in [0, 0.05) is 24.2 Å². The molecule has 0 spiro atoms. The van der Waals surface area contributed by atoms with Crippen molar-refractivity contribution < 1.29 is 31.9 Å². The van der Waals surface area contributed by atoms with Crippen molar-refractivity contribution in [3.63, 3.8) is 0 Å². The molecule has 0 aliphatic carbocycles. The lowest BCUT2D eigenvalue weighted by atomic mass is 10.1. The summed E-state index contributed by atoms with van der Waals surface area (Å²) in [6.45, 7) is 0.0475. The Morgan fingerprint density at radius 2 is 1.64 bits per heavy atom. The minimum Gasteiger partial charge on any atom is -0.333 e. The van der Waals surface area contributed by atoms with Crippen LogP contribution < -0.4 is 10.6 Å². The highest BCUT2D eigenvalue weighted by Gasteiger charge is 2.34. The van der Waals surface area contributed by atoms with Gasteiger partial charge in [0.25, 0.3) is 5.91 Å². The van der Waals surface area contributed by atoms with Gasteiger partial charge in [-0.3, -0.25) is 14.4 Å². The molecule has 0 saturated carbocycles. The topological polar surface area (TPSA) is 78.5 Å². The average molecular weight is 465 g/mol. The summed E-state index contributed by atoms with van der Waals surface area (Å²) in [6, 6.07) is 7.49. The third-order valence-electron chi connectivity index (χ3n) is 5.22. The number of nitrogens with zero attached hydrogens (tertiary/aromatic N) is 1. The molecule has 1 aliphatic heterocycles. The Morgan fingerprint density at radius 3 is 2.33 bits per heavy atom. The van der Waals surface area contributed by atoms with Gasteiger partial charge in [-0.2, -0.15) is 13.2 Å². The number of halogens is 4. The highest BCUT2D eigenvalue weighted by Crippen LogP contribution is 2.36. The van der Waals surface area contributed by atoms with Crippen LogP contribution >= 0.6 is 0 Å². The highest BCUT2D eigenvalue weighted by atomic mass is 19.4. The highest BCUT2D eigenvalue weighted by molar-refractivity contribution is 6.04. The van der Waals surface area contributed by atoms with Crippen LogP contribution in [0, 0.1) is 5.82 Å². The zero-order valence-corrected chi connectivity index (χ0v) is 17.7. The SMILES string of the molecule is O=C(CN1CCCCCCC1=O)Nc1ccc(NC(=O)c2ccc(F)cc2)cc1C(F)(F)F. The van der Waals surface area contributed by atoms with Crippen LogP contribution in [0.25, 0.3) is 0 Å². The van der Waals surface area contributed by atoms with Crippen molar-refractivity contribution in [2.45, 2.75) is 38.3 Å². The van der Waals surface area contributed by atoms with Gasteiger partial charge in [0.1, 0.15) is 5.82 Å². The number of hydrogen-bond donors (Lipinski definition) is 2. The maximum Gasteiger partial charge on any atom is 0.418 e. The summed E-state index contributed by atoms with van der Waals surface area (Å²) in [4.78, 5) is 38.2. The average Bonchev–Trinajstić information content (AvgIpc) is 2.74. The van der Waals surface area contributed by atoms with E-state index in [1.807, 2.05) is 0 Å². The van der Waals surface area contributed by atoms with Crippen LogP contribution in [-0.2, 0) is 15.8 Å². The first kappa shape index (κ1) is 24.2. The Hall–Kier alpha value is -3.43. The van der Waals surface area contributed by atoms with Gasteiger partial charge < -0.3 is 15.5 Å². The van der Waals surface area contributed by atoms with E-state index in [4.69, 9.17) is 0 Å². The molecule has 0 atom stereocenters. The smallest absolute Gasteiger partial charge is 0.333 e. The number of rotatable bonds is 5. The van der Waals surface area contributed by atoms with E-state index in [1.165, 1.54) is 23.1 Å². The summed E-state index contributed by atoms with van der Waals surface area (Å²) >= 11 is 0. The van der Waals surface area contributed by atoms with Crippen LogP contribution in [0.15, 0.2) is 42.5 Å². The molecule has 3 amide bonds. The third kappa shape index (κ3) is 6.77. The summed E-state index contributed by atoms with van der Waals surface area (Å²) in [5.41, 5.74) is -1.70. The van der Waals surface area contributed by atoms with Crippen molar-refractivity contribution >= 4 is 29.1 Å². The van der Waals surface area contributed by atoms with Crippen molar-refractivity contribution in [2.75, 3.05) is 23.7 Å². The maximum atomic E-state index is 13.6. The Kier molecular flexibility index (Phi) is 7.67. The summed E-state index contributed by atoms with van der Waals surface area (Å²) in [5, 5.41) is 4.56. The second kappa shape index (κ2) is 10.5. The predicted molar refractivity (Wildman–Crippen MR) is 114 cm³/mol. The standard InChI is InChI=1S/C23H23F4N3O3/c24-16-8-6-15(7-9-16)22(33)28-17-10-11-19(18(13-17)23(25,26)27)29-20(31)14-30-12-4-2-1-3-5-21(30)32/h6-11,13H,1-5,12,14H2,(H,28,33)(H,29,31). The molecular formula is C23H23F4N3O3. The molecule has 1 aliphatic rings. The van der Waals surface area contributed by atoms with Crippen molar-refractivity contribution in [2.24, 2.45) is 0 Å².